The average molecular weight is 467 g/mol. The van der Waals surface area contributed by atoms with Gasteiger partial charge in [0.25, 0.3) is 11.8 Å². The van der Waals surface area contributed by atoms with Crippen molar-refractivity contribution in [2.75, 3.05) is 4.90 Å². The maximum absolute atomic E-state index is 12.5. The van der Waals surface area contributed by atoms with Crippen molar-refractivity contribution in [2.45, 2.75) is 12.5 Å². The lowest BCUT2D eigenvalue weighted by molar-refractivity contribution is -0.121. The van der Waals surface area contributed by atoms with Crippen molar-refractivity contribution in [3.8, 4) is 0 Å². The molecule has 1 heterocycles. The van der Waals surface area contributed by atoms with E-state index in [4.69, 9.17) is 0 Å². The highest BCUT2D eigenvalue weighted by Gasteiger charge is 2.39. The van der Waals surface area contributed by atoms with Crippen LogP contribution in [0, 0.1) is 0 Å². The minimum Gasteiger partial charge on any atom is -0.287 e. The van der Waals surface area contributed by atoms with E-state index < -0.39 is 11.9 Å². The molecule has 0 aromatic heterocycles. The van der Waals surface area contributed by atoms with Crippen molar-refractivity contribution in [1.29, 1.82) is 0 Å². The first kappa shape index (κ1) is 17.8. The summed E-state index contributed by atoms with van der Waals surface area (Å²) in [6.45, 7) is 0. The molecule has 1 atom stereocenters. The molecule has 2 aromatic rings. The Kier molecular flexibility index (Phi) is 5.31. The number of imide groups is 1. The number of hydrazine groups is 1. The van der Waals surface area contributed by atoms with Gasteiger partial charge >= 0.3 is 0 Å². The van der Waals surface area contributed by atoms with E-state index >= 15 is 0 Å². The highest BCUT2D eigenvalue weighted by atomic mass is 79.9. The maximum atomic E-state index is 12.5. The summed E-state index contributed by atoms with van der Waals surface area (Å²) in [5.74, 6) is -1.10. The molecule has 3 amide bonds. The lowest BCUT2D eigenvalue weighted by atomic mass is 10.2. The van der Waals surface area contributed by atoms with Crippen LogP contribution >= 0.6 is 31.9 Å². The van der Waals surface area contributed by atoms with Gasteiger partial charge in [0, 0.05) is 14.5 Å². The molecule has 1 aliphatic rings. The van der Waals surface area contributed by atoms with Crippen LogP contribution in [0.3, 0.4) is 0 Å². The first-order valence-electron chi connectivity index (χ1n) is 7.39. The molecule has 1 saturated heterocycles. The van der Waals surface area contributed by atoms with Gasteiger partial charge in [-0.3, -0.25) is 19.8 Å². The molecular weight excluding hydrogens is 454 g/mol. The smallest absolute Gasteiger partial charge is 0.265 e. The van der Waals surface area contributed by atoms with Gasteiger partial charge in [0.05, 0.1) is 12.1 Å². The van der Waals surface area contributed by atoms with Gasteiger partial charge in [-0.15, -0.1) is 0 Å². The number of nitrogens with zero attached hydrogens (tertiary/aromatic N) is 1. The van der Waals surface area contributed by atoms with Gasteiger partial charge < -0.3 is 0 Å². The molecule has 2 aromatic carbocycles. The van der Waals surface area contributed by atoms with Gasteiger partial charge in [-0.1, -0.05) is 37.9 Å². The van der Waals surface area contributed by atoms with E-state index in [1.165, 1.54) is 0 Å². The Morgan fingerprint density at radius 2 is 1.76 bits per heavy atom. The number of nitrogens with one attached hydrogen (secondary N) is 2. The van der Waals surface area contributed by atoms with Crippen molar-refractivity contribution < 1.29 is 14.4 Å². The first-order chi connectivity index (χ1) is 12.0. The Balaban J connectivity index is 1.66. The van der Waals surface area contributed by atoms with Gasteiger partial charge in [0.15, 0.2) is 0 Å². The van der Waals surface area contributed by atoms with Crippen LogP contribution in [-0.2, 0) is 9.59 Å². The molecule has 0 radical (unpaired) electrons. The van der Waals surface area contributed by atoms with Gasteiger partial charge in [-0.2, -0.15) is 0 Å². The molecule has 1 fully saturated rings. The van der Waals surface area contributed by atoms with Crippen LogP contribution in [0.4, 0.5) is 5.69 Å². The molecule has 25 heavy (non-hydrogen) atoms. The van der Waals surface area contributed by atoms with Crippen molar-refractivity contribution in [3.05, 3.63) is 63.0 Å². The summed E-state index contributed by atoms with van der Waals surface area (Å²) in [6, 6.07) is 12.9. The predicted molar refractivity (Wildman–Crippen MR) is 99.8 cm³/mol. The predicted octanol–water partition coefficient (Wildman–Crippen LogP) is 2.78. The van der Waals surface area contributed by atoms with Gasteiger partial charge in [0.1, 0.15) is 6.04 Å². The Labute approximate surface area is 160 Å². The fourth-order valence-corrected chi connectivity index (χ4v) is 3.12. The summed E-state index contributed by atoms with van der Waals surface area (Å²) in [7, 11) is 0. The molecule has 2 N–H and O–H groups in total. The van der Waals surface area contributed by atoms with Gasteiger partial charge in [0.2, 0.25) is 5.91 Å². The number of benzene rings is 2. The van der Waals surface area contributed by atoms with E-state index in [-0.39, 0.29) is 18.2 Å². The summed E-state index contributed by atoms with van der Waals surface area (Å²) >= 11 is 6.61. The number of anilines is 1. The molecule has 128 valence electrons. The van der Waals surface area contributed by atoms with Gasteiger partial charge in [-0.25, -0.2) is 10.3 Å². The van der Waals surface area contributed by atoms with Crippen molar-refractivity contribution in [1.82, 2.24) is 10.9 Å². The fraction of sp³-hybridized carbons (Fsp3) is 0.118. The Morgan fingerprint density at radius 1 is 1.04 bits per heavy atom. The Morgan fingerprint density at radius 3 is 2.44 bits per heavy atom. The highest BCUT2D eigenvalue weighted by molar-refractivity contribution is 9.10. The largest absolute Gasteiger partial charge is 0.287 e. The number of hydrogen-bond acceptors (Lipinski definition) is 4. The van der Waals surface area contributed by atoms with Crippen molar-refractivity contribution in [2.24, 2.45) is 0 Å². The van der Waals surface area contributed by atoms with E-state index in [2.05, 4.69) is 42.7 Å². The topological polar surface area (TPSA) is 78.5 Å². The summed E-state index contributed by atoms with van der Waals surface area (Å²) in [6.07, 6.45) is -0.0202. The summed E-state index contributed by atoms with van der Waals surface area (Å²) in [4.78, 5) is 37.9. The maximum Gasteiger partial charge on any atom is 0.265 e. The molecule has 1 aliphatic heterocycles. The lowest BCUT2D eigenvalue weighted by Crippen LogP contribution is -2.48. The highest BCUT2D eigenvalue weighted by Crippen LogP contribution is 2.24. The minimum absolute atomic E-state index is 0.0202. The minimum atomic E-state index is -0.799. The molecule has 0 aliphatic carbocycles. The van der Waals surface area contributed by atoms with E-state index in [1.54, 1.807) is 48.5 Å². The molecule has 1 unspecified atom stereocenters. The zero-order valence-corrected chi connectivity index (χ0v) is 16.0. The SMILES string of the molecule is O=C(NNC1CC(=O)N(c2ccc(Br)cc2)C1=O)c1cccc(Br)c1. The quantitative estimate of drug-likeness (QED) is 0.536. The zero-order valence-electron chi connectivity index (χ0n) is 12.8. The van der Waals surface area contributed by atoms with Crippen LogP contribution in [0.1, 0.15) is 16.8 Å². The summed E-state index contributed by atoms with van der Waals surface area (Å²) in [5.41, 5.74) is 6.07. The van der Waals surface area contributed by atoms with Crippen molar-refractivity contribution >= 4 is 55.3 Å². The summed E-state index contributed by atoms with van der Waals surface area (Å²) in [5, 5.41) is 0. The van der Waals surface area contributed by atoms with E-state index in [9.17, 15) is 14.4 Å². The number of halogens is 2. The molecule has 6 nitrogen and oxygen atoms in total. The third-order valence-corrected chi connectivity index (χ3v) is 4.70. The second-order valence-corrected chi connectivity index (χ2v) is 7.24. The number of carbonyl (C=O) groups excluding carboxylic acids is 3. The van der Waals surface area contributed by atoms with Crippen LogP contribution in [0.25, 0.3) is 0 Å². The molecule has 0 bridgehead atoms. The molecule has 3 rings (SSSR count). The van der Waals surface area contributed by atoms with E-state index in [1.807, 2.05) is 0 Å². The normalized spacial score (nSPS) is 17.0. The van der Waals surface area contributed by atoms with Crippen molar-refractivity contribution in [3.63, 3.8) is 0 Å². The Bertz CT molecular complexity index is 839. The second kappa shape index (κ2) is 7.47. The Hall–Kier alpha value is -2.03. The molecular formula is C17H13Br2N3O3. The van der Waals surface area contributed by atoms with Crippen LogP contribution < -0.4 is 15.8 Å². The first-order valence-corrected chi connectivity index (χ1v) is 8.98. The molecule has 0 saturated carbocycles. The number of carbonyl (C=O) groups is 3. The van der Waals surface area contributed by atoms with Crippen LogP contribution in [0.2, 0.25) is 0 Å². The molecule has 8 heteroatoms. The standard InChI is InChI=1S/C17H13Br2N3O3/c18-11-4-6-13(7-5-11)22-15(23)9-14(17(22)25)20-21-16(24)10-2-1-3-12(19)8-10/h1-8,14,20H,9H2,(H,21,24). The third kappa shape index (κ3) is 3.97. The van der Waals surface area contributed by atoms with Gasteiger partial charge in [-0.05, 0) is 42.5 Å². The van der Waals surface area contributed by atoms with E-state index in [0.29, 0.717) is 11.3 Å². The second-order valence-electron chi connectivity index (χ2n) is 5.41. The van der Waals surface area contributed by atoms with Crippen LogP contribution in [0.5, 0.6) is 0 Å². The monoisotopic (exact) mass is 465 g/mol. The molecule has 0 spiro atoms. The van der Waals surface area contributed by atoms with E-state index in [0.717, 1.165) is 13.8 Å². The average Bonchev–Trinajstić information content (AvgIpc) is 2.87. The third-order valence-electron chi connectivity index (χ3n) is 3.68. The zero-order chi connectivity index (χ0) is 18.0. The number of amides is 3. The number of hydrogen-bond donors (Lipinski definition) is 2. The van der Waals surface area contributed by atoms with Crippen LogP contribution in [0.15, 0.2) is 57.5 Å². The van der Waals surface area contributed by atoms with Crippen LogP contribution in [-0.4, -0.2) is 23.8 Å². The lowest BCUT2D eigenvalue weighted by Gasteiger charge is -2.16. The fourth-order valence-electron chi connectivity index (χ4n) is 2.46. The summed E-state index contributed by atoms with van der Waals surface area (Å²) < 4.78 is 1.62. The number of rotatable bonds is 4.